The first-order chi connectivity index (χ1) is 16.7. The maximum atomic E-state index is 13.1. The third-order valence-electron chi connectivity index (χ3n) is 7.47. The average Bonchev–Trinajstić information content (AvgIpc) is 3.56. The molecule has 182 valence electrons. The molecular weight excluding hydrogens is 432 g/mol. The van der Waals surface area contributed by atoms with Crippen LogP contribution in [0.3, 0.4) is 0 Å². The Morgan fingerprint density at radius 3 is 2.41 bits per heavy atom. The molecule has 2 saturated carbocycles. The van der Waals surface area contributed by atoms with Gasteiger partial charge in [0.05, 0.1) is 32.3 Å². The van der Waals surface area contributed by atoms with Gasteiger partial charge in [-0.15, -0.1) is 5.10 Å². The molecule has 2 aliphatic carbocycles. The number of ether oxygens (including phenoxy) is 2. The van der Waals surface area contributed by atoms with Gasteiger partial charge in [-0.3, -0.25) is 9.69 Å². The van der Waals surface area contributed by atoms with Gasteiger partial charge in [-0.05, 0) is 48.2 Å². The minimum atomic E-state index is -0.0732. The van der Waals surface area contributed by atoms with Crippen LogP contribution in [0.15, 0.2) is 23.0 Å². The number of tetrazole rings is 1. The lowest BCUT2D eigenvalue weighted by molar-refractivity contribution is 0.132. The minimum absolute atomic E-state index is 0.0732. The van der Waals surface area contributed by atoms with Crippen LogP contribution in [0.2, 0.25) is 0 Å². The topological polar surface area (TPSA) is 98.2 Å². The van der Waals surface area contributed by atoms with E-state index in [4.69, 9.17) is 9.47 Å². The van der Waals surface area contributed by atoms with E-state index in [9.17, 15) is 4.79 Å². The normalized spacial score (nSPS) is 17.6. The fourth-order valence-corrected chi connectivity index (χ4v) is 5.61. The van der Waals surface area contributed by atoms with Crippen molar-refractivity contribution >= 4 is 10.9 Å². The summed E-state index contributed by atoms with van der Waals surface area (Å²) in [5.41, 5.74) is 1.40. The Labute approximate surface area is 199 Å². The highest BCUT2D eigenvalue weighted by Gasteiger charge is 2.27. The molecular formula is C25H34N6O3. The number of H-pyrrole nitrogens is 1. The van der Waals surface area contributed by atoms with Gasteiger partial charge in [-0.1, -0.05) is 32.1 Å². The van der Waals surface area contributed by atoms with Gasteiger partial charge in [0.2, 0.25) is 0 Å². The Balaban J connectivity index is 1.46. The van der Waals surface area contributed by atoms with Crippen molar-refractivity contribution in [2.24, 2.45) is 0 Å². The lowest BCUT2D eigenvalue weighted by Crippen LogP contribution is -2.38. The summed E-state index contributed by atoms with van der Waals surface area (Å²) in [4.78, 5) is 18.5. The molecule has 0 spiro atoms. The zero-order valence-corrected chi connectivity index (χ0v) is 20.1. The first-order valence-electron chi connectivity index (χ1n) is 12.4. The number of pyridine rings is 1. The highest BCUT2D eigenvalue weighted by molar-refractivity contribution is 5.83. The molecule has 1 aromatic carbocycles. The second-order valence-electron chi connectivity index (χ2n) is 9.59. The number of nitrogens with zero attached hydrogens (tertiary/aromatic N) is 5. The summed E-state index contributed by atoms with van der Waals surface area (Å²) < 4.78 is 12.9. The number of fused-ring (bicyclic) bond motifs is 1. The summed E-state index contributed by atoms with van der Waals surface area (Å²) in [6, 6.07) is 6.52. The Morgan fingerprint density at radius 2 is 1.68 bits per heavy atom. The molecule has 0 unspecified atom stereocenters. The monoisotopic (exact) mass is 466 g/mol. The van der Waals surface area contributed by atoms with Gasteiger partial charge in [-0.2, -0.15) is 0 Å². The van der Waals surface area contributed by atoms with Crippen molar-refractivity contribution in [2.75, 3.05) is 14.2 Å². The molecule has 2 heterocycles. The van der Waals surface area contributed by atoms with E-state index in [2.05, 4.69) is 25.4 Å². The van der Waals surface area contributed by atoms with Crippen molar-refractivity contribution in [2.45, 2.75) is 83.0 Å². The van der Waals surface area contributed by atoms with Crippen LogP contribution in [0.4, 0.5) is 0 Å². The van der Waals surface area contributed by atoms with Crippen molar-refractivity contribution in [1.82, 2.24) is 30.1 Å². The summed E-state index contributed by atoms with van der Waals surface area (Å²) in [5, 5.41) is 13.7. The van der Waals surface area contributed by atoms with Gasteiger partial charge in [0.25, 0.3) is 5.56 Å². The predicted molar refractivity (Wildman–Crippen MR) is 129 cm³/mol. The zero-order chi connectivity index (χ0) is 23.5. The van der Waals surface area contributed by atoms with Crippen LogP contribution in [-0.4, -0.2) is 50.4 Å². The first-order valence-corrected chi connectivity index (χ1v) is 12.4. The van der Waals surface area contributed by atoms with Crippen LogP contribution < -0.4 is 15.0 Å². The molecule has 0 radical (unpaired) electrons. The van der Waals surface area contributed by atoms with Gasteiger partial charge in [0.15, 0.2) is 17.3 Å². The van der Waals surface area contributed by atoms with Crippen LogP contribution in [0.1, 0.15) is 75.2 Å². The van der Waals surface area contributed by atoms with Crippen molar-refractivity contribution in [3.05, 3.63) is 39.9 Å². The SMILES string of the molecule is COc1cc2cc(CN(Cc3nnnn3C3CCCC3)C3CCCCC3)c(=O)[nH]c2cc1OC. The number of aromatic nitrogens is 5. The molecule has 0 amide bonds. The van der Waals surface area contributed by atoms with E-state index in [0.29, 0.717) is 36.7 Å². The van der Waals surface area contributed by atoms with E-state index in [1.807, 2.05) is 22.9 Å². The largest absolute Gasteiger partial charge is 0.493 e. The van der Waals surface area contributed by atoms with E-state index in [0.717, 1.165) is 48.0 Å². The first kappa shape index (κ1) is 22.8. The van der Waals surface area contributed by atoms with E-state index in [1.54, 1.807) is 14.2 Å². The standard InChI is InChI=1S/C25H34N6O3/c1-33-22-13-17-12-18(25(32)26-21(17)14-23(22)34-2)15-30(19-8-4-3-5-9-19)16-24-27-28-29-31(24)20-10-6-7-11-20/h12-14,19-20H,3-11,15-16H2,1-2H3,(H,26,32). The third-order valence-corrected chi connectivity index (χ3v) is 7.47. The van der Waals surface area contributed by atoms with E-state index in [-0.39, 0.29) is 5.56 Å². The fraction of sp³-hybridized carbons (Fsp3) is 0.600. The number of hydrogen-bond acceptors (Lipinski definition) is 7. The van der Waals surface area contributed by atoms with Gasteiger partial charge in [-0.25, -0.2) is 4.68 Å². The lowest BCUT2D eigenvalue weighted by Gasteiger charge is -2.34. The van der Waals surface area contributed by atoms with Crippen molar-refractivity contribution in [3.8, 4) is 11.5 Å². The molecule has 9 nitrogen and oxygen atoms in total. The molecule has 5 rings (SSSR count). The predicted octanol–water partition coefficient (Wildman–Crippen LogP) is 3.98. The average molecular weight is 467 g/mol. The van der Waals surface area contributed by atoms with E-state index < -0.39 is 0 Å². The Bertz CT molecular complexity index is 1180. The minimum Gasteiger partial charge on any atom is -0.493 e. The molecule has 0 atom stereocenters. The quantitative estimate of drug-likeness (QED) is 0.536. The summed E-state index contributed by atoms with van der Waals surface area (Å²) >= 11 is 0. The molecule has 0 aliphatic heterocycles. The highest BCUT2D eigenvalue weighted by Crippen LogP contribution is 2.32. The molecule has 2 aliphatic rings. The van der Waals surface area contributed by atoms with Crippen LogP contribution in [0.25, 0.3) is 10.9 Å². The molecule has 34 heavy (non-hydrogen) atoms. The number of aromatic amines is 1. The van der Waals surface area contributed by atoms with Crippen molar-refractivity contribution < 1.29 is 9.47 Å². The lowest BCUT2D eigenvalue weighted by atomic mass is 9.93. The van der Waals surface area contributed by atoms with Crippen LogP contribution >= 0.6 is 0 Å². The van der Waals surface area contributed by atoms with Gasteiger partial charge < -0.3 is 14.5 Å². The van der Waals surface area contributed by atoms with Crippen LogP contribution in [0.5, 0.6) is 11.5 Å². The Morgan fingerprint density at radius 1 is 0.971 bits per heavy atom. The van der Waals surface area contributed by atoms with Gasteiger partial charge in [0, 0.05) is 29.6 Å². The van der Waals surface area contributed by atoms with Crippen molar-refractivity contribution in [3.63, 3.8) is 0 Å². The van der Waals surface area contributed by atoms with Crippen LogP contribution in [-0.2, 0) is 13.1 Å². The maximum absolute atomic E-state index is 13.1. The summed E-state index contributed by atoms with van der Waals surface area (Å²) in [6.45, 7) is 1.21. The highest BCUT2D eigenvalue weighted by atomic mass is 16.5. The molecule has 9 heteroatoms. The fourth-order valence-electron chi connectivity index (χ4n) is 5.61. The number of rotatable bonds is 8. The smallest absolute Gasteiger partial charge is 0.252 e. The van der Waals surface area contributed by atoms with Gasteiger partial charge >= 0.3 is 0 Å². The molecule has 1 N–H and O–H groups in total. The number of nitrogens with one attached hydrogen (secondary N) is 1. The Kier molecular flexibility index (Phi) is 6.80. The number of benzene rings is 1. The van der Waals surface area contributed by atoms with E-state index in [1.165, 1.54) is 32.1 Å². The number of methoxy groups -OCH3 is 2. The summed E-state index contributed by atoms with van der Waals surface area (Å²) in [5.74, 6) is 2.15. The number of hydrogen-bond donors (Lipinski definition) is 1. The zero-order valence-electron chi connectivity index (χ0n) is 20.1. The molecule has 0 saturated heterocycles. The summed E-state index contributed by atoms with van der Waals surface area (Å²) in [6.07, 6.45) is 10.7. The maximum Gasteiger partial charge on any atom is 0.252 e. The van der Waals surface area contributed by atoms with E-state index >= 15 is 0 Å². The molecule has 3 aromatic rings. The molecule has 0 bridgehead atoms. The summed E-state index contributed by atoms with van der Waals surface area (Å²) in [7, 11) is 3.22. The van der Waals surface area contributed by atoms with Crippen molar-refractivity contribution in [1.29, 1.82) is 0 Å². The molecule has 2 aromatic heterocycles. The Hall–Kier alpha value is -2.94. The molecule has 2 fully saturated rings. The van der Waals surface area contributed by atoms with Gasteiger partial charge in [0.1, 0.15) is 0 Å². The second kappa shape index (κ2) is 10.1. The second-order valence-corrected chi connectivity index (χ2v) is 9.59. The van der Waals surface area contributed by atoms with Crippen LogP contribution in [0, 0.1) is 0 Å². The third kappa shape index (κ3) is 4.66.